The van der Waals surface area contributed by atoms with Gasteiger partial charge in [-0.2, -0.15) is 4.98 Å². The molecule has 10 nitrogen and oxygen atoms in total. The molecular formula is C23H29Cl2N5O5. The number of amides is 1. The van der Waals surface area contributed by atoms with E-state index in [2.05, 4.69) is 20.2 Å². The molecule has 2 aromatic rings. The van der Waals surface area contributed by atoms with Gasteiger partial charge in [-0.15, -0.1) is 0 Å². The highest BCUT2D eigenvalue weighted by Crippen LogP contribution is 2.29. The number of hydrogen-bond acceptors (Lipinski definition) is 7. The van der Waals surface area contributed by atoms with Crippen molar-refractivity contribution in [2.45, 2.75) is 25.8 Å². The lowest BCUT2D eigenvalue weighted by Gasteiger charge is -2.33. The van der Waals surface area contributed by atoms with Gasteiger partial charge in [-0.1, -0.05) is 23.2 Å². The molecule has 2 aromatic heterocycles. The number of hydrogen-bond donors (Lipinski definition) is 3. The molecule has 2 aliphatic rings. The van der Waals surface area contributed by atoms with Gasteiger partial charge in [-0.3, -0.25) is 9.69 Å². The number of aromatic nitrogens is 2. The fourth-order valence-corrected chi connectivity index (χ4v) is 4.61. The van der Waals surface area contributed by atoms with Crippen LogP contribution in [0.3, 0.4) is 0 Å². The van der Waals surface area contributed by atoms with E-state index in [0.29, 0.717) is 62.3 Å². The molecule has 1 amide bonds. The minimum Gasteiger partial charge on any atom is -0.478 e. The fraction of sp³-hybridized carbons (Fsp3) is 0.522. The number of ether oxygens (including phenoxy) is 2. The van der Waals surface area contributed by atoms with Crippen LogP contribution in [0.1, 0.15) is 39.4 Å². The molecule has 2 saturated heterocycles. The van der Waals surface area contributed by atoms with Crippen molar-refractivity contribution in [2.75, 3.05) is 57.4 Å². The van der Waals surface area contributed by atoms with Gasteiger partial charge in [-0.25, -0.2) is 4.79 Å². The zero-order valence-electron chi connectivity index (χ0n) is 19.5. The number of aromatic amines is 1. The Bertz CT molecular complexity index is 1060. The van der Waals surface area contributed by atoms with E-state index in [1.807, 2.05) is 4.90 Å². The Balaban J connectivity index is 1.35. The second-order valence-electron chi connectivity index (χ2n) is 8.65. The number of morpholine rings is 1. The predicted octanol–water partition coefficient (Wildman–Crippen LogP) is 2.83. The van der Waals surface area contributed by atoms with Gasteiger partial charge < -0.3 is 29.8 Å². The van der Waals surface area contributed by atoms with Gasteiger partial charge >= 0.3 is 5.97 Å². The number of aromatic carboxylic acids is 1. The van der Waals surface area contributed by atoms with Crippen LogP contribution < -0.4 is 15.0 Å². The van der Waals surface area contributed by atoms with Crippen molar-refractivity contribution in [1.82, 2.24) is 20.2 Å². The maximum atomic E-state index is 12.6. The number of nitrogens with zero attached hydrogens (tertiary/aromatic N) is 3. The van der Waals surface area contributed by atoms with Gasteiger partial charge in [-0.05, 0) is 25.8 Å². The molecule has 2 fully saturated rings. The average Bonchev–Trinajstić information content (AvgIpc) is 3.12. The van der Waals surface area contributed by atoms with E-state index in [-0.39, 0.29) is 34.1 Å². The molecule has 12 heteroatoms. The molecule has 4 heterocycles. The van der Waals surface area contributed by atoms with Gasteiger partial charge in [0.1, 0.15) is 18.1 Å². The summed E-state index contributed by atoms with van der Waals surface area (Å²) in [7, 11) is 0. The number of aryl methyl sites for hydroxylation is 1. The van der Waals surface area contributed by atoms with Crippen LogP contribution in [0.15, 0.2) is 12.1 Å². The quantitative estimate of drug-likeness (QED) is 0.481. The van der Waals surface area contributed by atoms with Crippen molar-refractivity contribution in [1.29, 1.82) is 0 Å². The number of piperidine rings is 1. The van der Waals surface area contributed by atoms with Crippen LogP contribution in [0.2, 0.25) is 10.0 Å². The number of rotatable bonds is 8. The SMILES string of the molecule is Cc1[nH]c(C(=O)NC2CCN(c3cc(C(=O)O)cc(OCCN4CCOCC4)n3)CC2)c(Cl)c1Cl. The van der Waals surface area contributed by atoms with Crippen LogP contribution in [0.4, 0.5) is 5.82 Å². The first-order chi connectivity index (χ1) is 16.8. The van der Waals surface area contributed by atoms with Crippen LogP contribution in [0.25, 0.3) is 0 Å². The Kier molecular flexibility index (Phi) is 8.38. The molecule has 0 radical (unpaired) electrons. The predicted molar refractivity (Wildman–Crippen MR) is 132 cm³/mol. The number of pyridine rings is 1. The molecule has 190 valence electrons. The lowest BCUT2D eigenvalue weighted by Crippen LogP contribution is -2.45. The summed E-state index contributed by atoms with van der Waals surface area (Å²) >= 11 is 12.2. The Hall–Kier alpha value is -2.53. The number of nitrogens with one attached hydrogen (secondary N) is 2. The summed E-state index contributed by atoms with van der Waals surface area (Å²) in [5, 5.41) is 13.1. The first-order valence-electron chi connectivity index (χ1n) is 11.6. The molecule has 0 atom stereocenters. The summed E-state index contributed by atoms with van der Waals surface area (Å²) in [5.74, 6) is -0.501. The number of H-pyrrole nitrogens is 1. The number of carbonyl (C=O) groups excluding carboxylic acids is 1. The normalized spacial score (nSPS) is 17.4. The minimum atomic E-state index is -1.04. The van der Waals surface area contributed by atoms with E-state index < -0.39 is 5.97 Å². The summed E-state index contributed by atoms with van der Waals surface area (Å²) in [6.45, 7) is 7.21. The first-order valence-corrected chi connectivity index (χ1v) is 12.3. The van der Waals surface area contributed by atoms with Gasteiger partial charge in [0.25, 0.3) is 5.91 Å². The Morgan fingerprint density at radius 1 is 1.20 bits per heavy atom. The van der Waals surface area contributed by atoms with Crippen molar-refractivity contribution in [3.63, 3.8) is 0 Å². The van der Waals surface area contributed by atoms with Crippen molar-refractivity contribution >= 4 is 40.9 Å². The molecule has 0 spiro atoms. The van der Waals surface area contributed by atoms with Gasteiger partial charge in [0.15, 0.2) is 0 Å². The zero-order valence-corrected chi connectivity index (χ0v) is 21.0. The highest BCUT2D eigenvalue weighted by atomic mass is 35.5. The zero-order chi connectivity index (χ0) is 24.9. The summed E-state index contributed by atoms with van der Waals surface area (Å²) in [6.07, 6.45) is 1.34. The lowest BCUT2D eigenvalue weighted by molar-refractivity contribution is 0.0320. The molecule has 4 rings (SSSR count). The average molecular weight is 526 g/mol. The van der Waals surface area contributed by atoms with Crippen molar-refractivity contribution < 1.29 is 24.2 Å². The van der Waals surface area contributed by atoms with Crippen molar-refractivity contribution in [2.24, 2.45) is 0 Å². The highest BCUT2D eigenvalue weighted by Gasteiger charge is 2.25. The third kappa shape index (κ3) is 6.38. The van der Waals surface area contributed by atoms with E-state index >= 15 is 0 Å². The van der Waals surface area contributed by atoms with Crippen LogP contribution in [-0.4, -0.2) is 90.4 Å². The van der Waals surface area contributed by atoms with Crippen LogP contribution in [0.5, 0.6) is 5.88 Å². The molecular weight excluding hydrogens is 497 g/mol. The standard InChI is InChI=1S/C23H29Cl2N5O5/c1-14-19(24)20(25)21(26-14)22(31)27-16-2-4-30(5-3-16)17-12-15(23(32)33)13-18(28-17)35-11-8-29-6-9-34-10-7-29/h12-13,16,26H,2-11H2,1H3,(H,27,31)(H,32,33). The van der Waals surface area contributed by atoms with E-state index in [0.717, 1.165) is 19.6 Å². The molecule has 35 heavy (non-hydrogen) atoms. The first kappa shape index (κ1) is 25.6. The highest BCUT2D eigenvalue weighted by molar-refractivity contribution is 6.44. The van der Waals surface area contributed by atoms with Crippen LogP contribution in [0, 0.1) is 6.92 Å². The van der Waals surface area contributed by atoms with Crippen molar-refractivity contribution in [3.05, 3.63) is 39.1 Å². The molecule has 2 aliphatic heterocycles. The maximum absolute atomic E-state index is 12.6. The lowest BCUT2D eigenvalue weighted by atomic mass is 10.0. The molecule has 3 N–H and O–H groups in total. The number of carboxylic acid groups (broad SMARTS) is 1. The second-order valence-corrected chi connectivity index (χ2v) is 9.40. The maximum Gasteiger partial charge on any atom is 0.336 e. The third-order valence-corrected chi connectivity index (χ3v) is 7.18. The van der Waals surface area contributed by atoms with Crippen LogP contribution in [-0.2, 0) is 4.74 Å². The molecule has 0 saturated carbocycles. The number of anilines is 1. The van der Waals surface area contributed by atoms with Crippen molar-refractivity contribution in [3.8, 4) is 5.88 Å². The molecule has 0 aliphatic carbocycles. The third-order valence-electron chi connectivity index (χ3n) is 6.23. The van der Waals surface area contributed by atoms with E-state index in [9.17, 15) is 14.7 Å². The number of carboxylic acids is 1. The number of halogens is 2. The topological polar surface area (TPSA) is 120 Å². The summed E-state index contributed by atoms with van der Waals surface area (Å²) in [4.78, 5) is 36.0. The van der Waals surface area contributed by atoms with Gasteiger partial charge in [0, 0.05) is 50.5 Å². The minimum absolute atomic E-state index is 0.0518. The summed E-state index contributed by atoms with van der Waals surface area (Å²) < 4.78 is 11.2. The van der Waals surface area contributed by atoms with Gasteiger partial charge in [0.2, 0.25) is 5.88 Å². The van der Waals surface area contributed by atoms with E-state index in [1.54, 1.807) is 13.0 Å². The fourth-order valence-electron chi connectivity index (χ4n) is 4.19. The summed E-state index contributed by atoms with van der Waals surface area (Å²) in [5.41, 5.74) is 1.02. The Labute approximate surface area is 213 Å². The monoisotopic (exact) mass is 525 g/mol. The molecule has 0 aromatic carbocycles. The molecule has 0 unspecified atom stereocenters. The van der Waals surface area contributed by atoms with Gasteiger partial charge in [0.05, 0.1) is 28.8 Å². The Morgan fingerprint density at radius 2 is 1.91 bits per heavy atom. The summed E-state index contributed by atoms with van der Waals surface area (Å²) in [6, 6.07) is 2.95. The van der Waals surface area contributed by atoms with Crippen LogP contribution >= 0.6 is 23.2 Å². The molecule has 0 bridgehead atoms. The number of carbonyl (C=O) groups is 2. The van der Waals surface area contributed by atoms with E-state index in [1.165, 1.54) is 6.07 Å². The Morgan fingerprint density at radius 3 is 2.54 bits per heavy atom. The smallest absolute Gasteiger partial charge is 0.336 e. The second kappa shape index (κ2) is 11.5. The largest absolute Gasteiger partial charge is 0.478 e. The van der Waals surface area contributed by atoms with E-state index in [4.69, 9.17) is 32.7 Å².